The predicted octanol–water partition coefficient (Wildman–Crippen LogP) is -2.32. The fourth-order valence-electron chi connectivity index (χ4n) is 6.19. The van der Waals surface area contributed by atoms with Gasteiger partial charge in [-0.2, -0.15) is 13.2 Å². The number of aromatic nitrogens is 5. The first kappa shape index (κ1) is 41.8. The van der Waals surface area contributed by atoms with Crippen LogP contribution in [0.1, 0.15) is 53.4 Å². The molecule has 5 rings (SSSR count). The van der Waals surface area contributed by atoms with Crippen LogP contribution in [0.15, 0.2) is 30.5 Å². The number of fused-ring (bicyclic) bond motifs is 2. The SMILES string of the molecule is CCn1c(CNC(=O)c2nc3cc[nH]c3nc2N)[n+](CC)c2ccc(C(=O)NC3CCN(C[C@H](O)[C@@H](O)[C@H](O)[C@H](O)CO)CC3)cc21.O=C([O-])C(F)(F)F. The van der Waals surface area contributed by atoms with Crippen LogP contribution in [-0.4, -0.2) is 131 Å². The Hall–Kier alpha value is -4.93. The first-order valence-electron chi connectivity index (χ1n) is 17.1. The maximum atomic E-state index is 13.3. The number of hydrogen-bond donors (Lipinski definition) is 9. The summed E-state index contributed by atoms with van der Waals surface area (Å²) < 4.78 is 35.7. The monoisotopic (exact) mass is 767 g/mol. The Bertz CT molecular complexity index is 1930. The second-order valence-electron chi connectivity index (χ2n) is 12.6. The molecule has 21 heteroatoms. The molecule has 1 aromatic carbocycles. The summed E-state index contributed by atoms with van der Waals surface area (Å²) in [6, 6.07) is 7.17. The maximum absolute atomic E-state index is 13.3. The summed E-state index contributed by atoms with van der Waals surface area (Å²) >= 11 is 0. The molecule has 1 aliphatic heterocycles. The third kappa shape index (κ3) is 9.78. The zero-order valence-corrected chi connectivity index (χ0v) is 29.5. The lowest BCUT2D eigenvalue weighted by Crippen LogP contribution is -2.52. The number of nitrogen functional groups attached to an aromatic ring is 1. The molecule has 1 fully saturated rings. The van der Waals surface area contributed by atoms with Gasteiger partial charge in [-0.3, -0.25) is 9.59 Å². The number of hydrogen-bond acceptors (Lipinski definition) is 13. The third-order valence-electron chi connectivity index (χ3n) is 9.03. The molecule has 4 aromatic rings. The number of halogens is 3. The van der Waals surface area contributed by atoms with Gasteiger partial charge in [0.2, 0.25) is 0 Å². The quantitative estimate of drug-likeness (QED) is 0.0648. The molecule has 296 valence electrons. The van der Waals surface area contributed by atoms with E-state index in [0.29, 0.717) is 55.7 Å². The van der Waals surface area contributed by atoms with Crippen molar-refractivity contribution in [2.45, 2.75) is 83.0 Å². The zero-order chi connectivity index (χ0) is 39.9. The lowest BCUT2D eigenvalue weighted by molar-refractivity contribution is -0.676. The van der Waals surface area contributed by atoms with Crippen molar-refractivity contribution >= 4 is 45.8 Å². The summed E-state index contributed by atoms with van der Waals surface area (Å²) in [5, 5.41) is 63.6. The van der Waals surface area contributed by atoms with E-state index in [0.717, 1.165) is 16.9 Å². The molecule has 3 aromatic heterocycles. The highest BCUT2D eigenvalue weighted by Crippen LogP contribution is 2.20. The van der Waals surface area contributed by atoms with Gasteiger partial charge in [-0.1, -0.05) is 0 Å². The van der Waals surface area contributed by atoms with E-state index in [4.69, 9.17) is 20.7 Å². The topological polar surface area (TPSA) is 279 Å². The highest BCUT2D eigenvalue weighted by atomic mass is 19.4. The Labute approximate surface area is 306 Å². The van der Waals surface area contributed by atoms with E-state index >= 15 is 0 Å². The first-order valence-corrected chi connectivity index (χ1v) is 17.1. The molecule has 0 unspecified atom stereocenters. The molecule has 2 amide bonds. The van der Waals surface area contributed by atoms with Crippen LogP contribution in [0.2, 0.25) is 0 Å². The van der Waals surface area contributed by atoms with Gasteiger partial charge in [-0.25, -0.2) is 19.1 Å². The molecule has 18 nitrogen and oxygen atoms in total. The summed E-state index contributed by atoms with van der Waals surface area (Å²) in [7, 11) is 0. The number of imidazole rings is 1. The number of carboxylic acids is 1. The molecular formula is C33H44F3N9O9. The van der Waals surface area contributed by atoms with Crippen molar-refractivity contribution in [3.05, 3.63) is 47.5 Å². The minimum absolute atomic E-state index is 0.0318. The van der Waals surface area contributed by atoms with E-state index in [1.807, 2.05) is 30.9 Å². The van der Waals surface area contributed by atoms with Crippen LogP contribution in [0.4, 0.5) is 19.0 Å². The summed E-state index contributed by atoms with van der Waals surface area (Å²) in [5.74, 6) is -2.78. The van der Waals surface area contributed by atoms with Crippen LogP contribution in [0.25, 0.3) is 22.2 Å². The number of β-amino-alcohol motifs (C(OH)–C–C–N with tert-alkyl or cyclic N) is 1. The fraction of sp³-hybridized carbons (Fsp3) is 0.515. The highest BCUT2D eigenvalue weighted by molar-refractivity contribution is 5.98. The number of aryl methyl sites for hydroxylation is 2. The second kappa shape index (κ2) is 17.9. The summed E-state index contributed by atoms with van der Waals surface area (Å²) in [6.07, 6.45) is -8.42. The minimum atomic E-state index is -5.19. The van der Waals surface area contributed by atoms with Crippen LogP contribution >= 0.6 is 0 Å². The first-order chi connectivity index (χ1) is 25.5. The van der Waals surface area contributed by atoms with Crippen molar-refractivity contribution in [1.29, 1.82) is 0 Å². The van der Waals surface area contributed by atoms with Crippen molar-refractivity contribution in [2.24, 2.45) is 0 Å². The van der Waals surface area contributed by atoms with E-state index in [2.05, 4.69) is 34.7 Å². The normalized spacial score (nSPS) is 16.3. The van der Waals surface area contributed by atoms with Crippen molar-refractivity contribution in [3.63, 3.8) is 0 Å². The van der Waals surface area contributed by atoms with Crippen LogP contribution in [0.3, 0.4) is 0 Å². The number of carbonyl (C=O) groups excluding carboxylic acids is 3. The molecule has 54 heavy (non-hydrogen) atoms. The molecule has 4 atom stereocenters. The second-order valence-corrected chi connectivity index (χ2v) is 12.6. The molecule has 10 N–H and O–H groups in total. The number of H-pyrrole nitrogens is 1. The number of rotatable bonds is 13. The zero-order valence-electron chi connectivity index (χ0n) is 29.5. The van der Waals surface area contributed by atoms with Gasteiger partial charge in [-0.15, -0.1) is 0 Å². The summed E-state index contributed by atoms with van der Waals surface area (Å²) in [6.45, 7) is 5.90. The van der Waals surface area contributed by atoms with Crippen LogP contribution in [-0.2, 0) is 24.4 Å². The number of anilines is 1. The molecule has 1 saturated heterocycles. The van der Waals surface area contributed by atoms with Crippen LogP contribution in [0.5, 0.6) is 0 Å². The maximum Gasteiger partial charge on any atom is 0.430 e. The lowest BCUT2D eigenvalue weighted by Gasteiger charge is -2.35. The summed E-state index contributed by atoms with van der Waals surface area (Å²) in [5.41, 5.74) is 9.39. The van der Waals surface area contributed by atoms with Gasteiger partial charge in [0.05, 0.1) is 25.8 Å². The number of nitrogens with one attached hydrogen (secondary N) is 3. The molecule has 0 bridgehead atoms. The van der Waals surface area contributed by atoms with Gasteiger partial charge >= 0.3 is 6.18 Å². The lowest BCUT2D eigenvalue weighted by atomic mass is 10.0. The average molecular weight is 768 g/mol. The van der Waals surface area contributed by atoms with Crippen LogP contribution in [0, 0.1) is 0 Å². The number of carbonyl (C=O) groups is 3. The predicted molar refractivity (Wildman–Crippen MR) is 182 cm³/mol. The van der Waals surface area contributed by atoms with E-state index in [1.54, 1.807) is 18.3 Å². The average Bonchev–Trinajstić information content (AvgIpc) is 3.73. The van der Waals surface area contributed by atoms with E-state index in [-0.39, 0.29) is 36.6 Å². The Morgan fingerprint density at radius 2 is 1.70 bits per heavy atom. The third-order valence-corrected chi connectivity index (χ3v) is 9.03. The Morgan fingerprint density at radius 1 is 1.06 bits per heavy atom. The number of alkyl halides is 3. The van der Waals surface area contributed by atoms with E-state index < -0.39 is 49.1 Å². The van der Waals surface area contributed by atoms with Gasteiger partial charge in [0, 0.05) is 43.5 Å². The van der Waals surface area contributed by atoms with Gasteiger partial charge in [0.25, 0.3) is 17.6 Å². The number of aliphatic hydroxyl groups is 5. The number of likely N-dealkylation sites (tertiary alicyclic amines) is 1. The van der Waals surface area contributed by atoms with Crippen molar-refractivity contribution in [3.8, 4) is 0 Å². The number of nitrogens with zero attached hydrogens (tertiary/aromatic N) is 5. The number of aliphatic hydroxyl groups excluding tert-OH is 5. The van der Waals surface area contributed by atoms with Crippen molar-refractivity contribution in [1.82, 2.24) is 35.1 Å². The molecule has 0 spiro atoms. The molecule has 4 heterocycles. The Morgan fingerprint density at radius 3 is 2.30 bits per heavy atom. The number of nitrogens with two attached hydrogens (primary N) is 1. The summed E-state index contributed by atoms with van der Waals surface area (Å²) in [4.78, 5) is 48.6. The minimum Gasteiger partial charge on any atom is -0.542 e. The van der Waals surface area contributed by atoms with Gasteiger partial charge in [0.1, 0.15) is 36.3 Å². The standard InChI is InChI=1S/C31H43N9O7.C2HF3O2/c1-3-39-20-6-5-17(30(46)35-18-8-11-38(12-9-18)15-22(42)26(44)27(45)23(43)16-41)13-21(20)40(4-2)24(39)14-34-31(47)25-28(32)37-29-19(36-25)7-10-33-29;3-2(4,5)1(6)7/h5-7,10,13,18,22-23,26-27,41-45H,3-4,8-9,11-12,14-16H2,1-2H3,(H4-,32,33,34,35,36,37,46,47);(H,6,7)/t22-,23+,26+,27+;/m0./s1. The number of carboxylic acid groups (broad SMARTS) is 1. The molecular weight excluding hydrogens is 723 g/mol. The number of aliphatic carboxylic acids is 1. The van der Waals surface area contributed by atoms with Crippen molar-refractivity contribution < 1.29 is 62.8 Å². The van der Waals surface area contributed by atoms with Gasteiger partial charge < -0.3 is 61.7 Å². The molecule has 0 radical (unpaired) electrons. The van der Waals surface area contributed by atoms with E-state index in [1.165, 1.54) is 0 Å². The smallest absolute Gasteiger partial charge is 0.430 e. The Balaban J connectivity index is 0.000000845. The molecule has 0 saturated carbocycles. The fourth-order valence-corrected chi connectivity index (χ4v) is 6.19. The number of benzene rings is 1. The largest absolute Gasteiger partial charge is 0.542 e. The number of piperidine rings is 1. The number of aromatic amines is 1. The molecule has 1 aliphatic rings. The van der Waals surface area contributed by atoms with Gasteiger partial charge in [0.15, 0.2) is 28.2 Å². The Kier molecular flexibility index (Phi) is 13.9. The van der Waals surface area contributed by atoms with Crippen molar-refractivity contribution in [2.75, 3.05) is 32.0 Å². The number of amides is 2. The van der Waals surface area contributed by atoms with Gasteiger partial charge in [-0.05, 0) is 44.9 Å². The van der Waals surface area contributed by atoms with E-state index in [9.17, 15) is 43.2 Å². The van der Waals surface area contributed by atoms with Crippen LogP contribution < -0.4 is 26.0 Å². The molecule has 0 aliphatic carbocycles. The highest BCUT2D eigenvalue weighted by Gasteiger charge is 2.33.